The number of rotatable bonds is 5. The lowest BCUT2D eigenvalue weighted by Gasteiger charge is -2.13. The lowest BCUT2D eigenvalue weighted by atomic mass is 10.1. The van der Waals surface area contributed by atoms with E-state index in [1.54, 1.807) is 31.2 Å². The molecule has 2 heterocycles. The molecule has 32 heavy (non-hydrogen) atoms. The number of halogens is 1. The van der Waals surface area contributed by atoms with Crippen molar-refractivity contribution in [2.24, 2.45) is 0 Å². The number of hydrogen-bond acceptors (Lipinski definition) is 7. The van der Waals surface area contributed by atoms with Crippen LogP contribution in [0.2, 0.25) is 5.02 Å². The van der Waals surface area contributed by atoms with Gasteiger partial charge in [0.2, 0.25) is 0 Å². The molecular weight excluding hydrogens is 438 g/mol. The van der Waals surface area contributed by atoms with Gasteiger partial charge >= 0.3 is 11.9 Å². The molecular formula is C23H16ClNO7. The van der Waals surface area contributed by atoms with Crippen molar-refractivity contribution in [1.82, 2.24) is 0 Å². The van der Waals surface area contributed by atoms with Gasteiger partial charge in [0.1, 0.15) is 23.7 Å². The van der Waals surface area contributed by atoms with Gasteiger partial charge in [-0.1, -0.05) is 11.6 Å². The number of methoxy groups -OCH3 is 1. The Morgan fingerprint density at radius 2 is 1.66 bits per heavy atom. The molecule has 4 rings (SSSR count). The second-order valence-electron chi connectivity index (χ2n) is 6.93. The van der Waals surface area contributed by atoms with Crippen LogP contribution in [0, 0.1) is 6.92 Å². The summed E-state index contributed by atoms with van der Waals surface area (Å²) >= 11 is 5.87. The van der Waals surface area contributed by atoms with Crippen molar-refractivity contribution in [1.29, 1.82) is 0 Å². The van der Waals surface area contributed by atoms with Gasteiger partial charge in [0.05, 0.1) is 29.5 Å². The predicted octanol–water partition coefficient (Wildman–Crippen LogP) is 4.19. The molecule has 0 spiro atoms. The smallest absolute Gasteiger partial charge is 0.341 e. The molecule has 1 aromatic heterocycles. The second-order valence-corrected chi connectivity index (χ2v) is 7.37. The molecule has 0 N–H and O–H groups in total. The summed E-state index contributed by atoms with van der Waals surface area (Å²) in [6, 6.07) is 11.8. The van der Waals surface area contributed by atoms with Crippen LogP contribution < -0.4 is 4.90 Å². The number of nitrogens with zero attached hydrogens (tertiary/aromatic N) is 1. The van der Waals surface area contributed by atoms with Crippen molar-refractivity contribution >= 4 is 41.0 Å². The van der Waals surface area contributed by atoms with Gasteiger partial charge < -0.3 is 13.9 Å². The molecule has 0 bridgehead atoms. The van der Waals surface area contributed by atoms with Crippen molar-refractivity contribution in [2.45, 2.75) is 13.5 Å². The molecule has 0 radical (unpaired) electrons. The summed E-state index contributed by atoms with van der Waals surface area (Å²) in [5, 5.41) is 0.473. The first-order chi connectivity index (χ1) is 15.3. The molecule has 1 aliphatic heterocycles. The topological polar surface area (TPSA) is 103 Å². The fourth-order valence-corrected chi connectivity index (χ4v) is 3.47. The quantitative estimate of drug-likeness (QED) is 0.421. The zero-order chi connectivity index (χ0) is 23.0. The summed E-state index contributed by atoms with van der Waals surface area (Å²) in [6.07, 6.45) is 0. The third-order valence-electron chi connectivity index (χ3n) is 4.93. The Bertz CT molecular complexity index is 1260. The van der Waals surface area contributed by atoms with Gasteiger partial charge in [-0.25, -0.2) is 14.5 Å². The van der Waals surface area contributed by atoms with Crippen molar-refractivity contribution < 1.29 is 33.1 Å². The normalized spacial score (nSPS) is 12.7. The number of aryl methyl sites for hydroxylation is 1. The van der Waals surface area contributed by atoms with Crippen LogP contribution >= 0.6 is 11.6 Å². The number of anilines is 1. The van der Waals surface area contributed by atoms with Gasteiger partial charge in [-0.05, 0) is 55.5 Å². The number of ether oxygens (including phenoxy) is 2. The highest BCUT2D eigenvalue weighted by atomic mass is 35.5. The van der Waals surface area contributed by atoms with Gasteiger partial charge in [-0.3, -0.25) is 9.59 Å². The van der Waals surface area contributed by atoms with Crippen LogP contribution in [0.3, 0.4) is 0 Å². The molecule has 0 aliphatic carbocycles. The highest BCUT2D eigenvalue weighted by Crippen LogP contribution is 2.30. The fraction of sp³-hybridized carbons (Fsp3) is 0.130. The maximum absolute atomic E-state index is 12.8. The minimum atomic E-state index is -0.716. The number of amides is 2. The SMILES string of the molecule is COC(=O)c1cc(COC(=O)c2ccc3c(c2)C(=O)N(c2ccc(Cl)cc2)C3=O)oc1C. The Labute approximate surface area is 187 Å². The number of imide groups is 1. The average molecular weight is 454 g/mol. The zero-order valence-corrected chi connectivity index (χ0v) is 17.8. The summed E-state index contributed by atoms with van der Waals surface area (Å²) < 4.78 is 15.3. The van der Waals surface area contributed by atoms with Crippen LogP contribution in [0.1, 0.15) is 53.0 Å². The number of fused-ring (bicyclic) bond motifs is 1. The Morgan fingerprint density at radius 1 is 0.969 bits per heavy atom. The van der Waals surface area contributed by atoms with Gasteiger partial charge in [-0.2, -0.15) is 0 Å². The third kappa shape index (κ3) is 3.76. The summed E-state index contributed by atoms with van der Waals surface area (Å²) in [7, 11) is 1.25. The molecule has 1 aliphatic rings. The van der Waals surface area contributed by atoms with Gasteiger partial charge in [0.25, 0.3) is 11.8 Å². The number of furan rings is 1. The van der Waals surface area contributed by atoms with Crippen LogP contribution in [-0.4, -0.2) is 30.9 Å². The van der Waals surface area contributed by atoms with Crippen LogP contribution in [0.15, 0.2) is 52.9 Å². The fourth-order valence-electron chi connectivity index (χ4n) is 3.34. The lowest BCUT2D eigenvalue weighted by Crippen LogP contribution is -2.29. The maximum Gasteiger partial charge on any atom is 0.341 e. The first-order valence-corrected chi connectivity index (χ1v) is 9.81. The van der Waals surface area contributed by atoms with E-state index >= 15 is 0 Å². The zero-order valence-electron chi connectivity index (χ0n) is 17.0. The molecule has 8 nitrogen and oxygen atoms in total. The van der Waals surface area contributed by atoms with E-state index < -0.39 is 23.8 Å². The van der Waals surface area contributed by atoms with Crippen molar-refractivity contribution in [2.75, 3.05) is 12.0 Å². The molecule has 162 valence electrons. The van der Waals surface area contributed by atoms with E-state index in [0.717, 1.165) is 4.90 Å². The number of carbonyl (C=O) groups is 4. The molecule has 0 saturated heterocycles. The summed E-state index contributed by atoms with van der Waals surface area (Å²) in [4.78, 5) is 50.7. The molecule has 2 amide bonds. The van der Waals surface area contributed by atoms with Gasteiger partial charge in [-0.15, -0.1) is 0 Å². The molecule has 3 aromatic rings. The number of benzene rings is 2. The number of carbonyl (C=O) groups excluding carboxylic acids is 4. The van der Waals surface area contributed by atoms with E-state index in [1.165, 1.54) is 31.4 Å². The monoisotopic (exact) mass is 453 g/mol. The maximum atomic E-state index is 12.8. The van der Waals surface area contributed by atoms with Crippen LogP contribution in [0.25, 0.3) is 0 Å². The third-order valence-corrected chi connectivity index (χ3v) is 5.18. The van der Waals surface area contributed by atoms with Crippen LogP contribution in [0.5, 0.6) is 0 Å². The molecule has 0 fully saturated rings. The van der Waals surface area contributed by atoms with E-state index in [1.807, 2.05) is 0 Å². The minimum absolute atomic E-state index is 0.0966. The van der Waals surface area contributed by atoms with E-state index in [0.29, 0.717) is 16.5 Å². The first-order valence-electron chi connectivity index (χ1n) is 9.43. The van der Waals surface area contributed by atoms with E-state index in [9.17, 15) is 19.2 Å². The standard InChI is InChI=1S/C23H16ClNO7/c1-12-18(23(29)30-2)10-16(32-12)11-31-22(28)13-3-8-17-19(9-13)21(27)25(20(17)26)15-6-4-14(24)5-7-15/h3-10H,11H2,1-2H3. The van der Waals surface area contributed by atoms with Gasteiger partial charge in [0.15, 0.2) is 0 Å². The van der Waals surface area contributed by atoms with Crippen molar-refractivity contribution in [3.63, 3.8) is 0 Å². The molecule has 0 saturated carbocycles. The second kappa shape index (κ2) is 8.32. The van der Waals surface area contributed by atoms with Crippen LogP contribution in [0.4, 0.5) is 5.69 Å². The molecule has 9 heteroatoms. The Balaban J connectivity index is 1.51. The van der Waals surface area contributed by atoms with Crippen LogP contribution in [-0.2, 0) is 16.1 Å². The average Bonchev–Trinajstić information content (AvgIpc) is 3.29. The Hall–Kier alpha value is -3.91. The summed E-state index contributed by atoms with van der Waals surface area (Å²) in [6.45, 7) is 1.37. The highest BCUT2D eigenvalue weighted by Gasteiger charge is 2.37. The summed E-state index contributed by atoms with van der Waals surface area (Å²) in [5.41, 5.74) is 0.994. The summed E-state index contributed by atoms with van der Waals surface area (Å²) in [5.74, 6) is -1.72. The largest absolute Gasteiger partial charge is 0.465 e. The molecule has 0 unspecified atom stereocenters. The Morgan fingerprint density at radius 3 is 2.34 bits per heavy atom. The first kappa shape index (κ1) is 21.3. The highest BCUT2D eigenvalue weighted by molar-refractivity contribution is 6.35. The predicted molar refractivity (Wildman–Crippen MR) is 113 cm³/mol. The molecule has 2 aromatic carbocycles. The van der Waals surface area contributed by atoms with Crippen molar-refractivity contribution in [3.8, 4) is 0 Å². The van der Waals surface area contributed by atoms with Crippen molar-refractivity contribution in [3.05, 3.63) is 87.3 Å². The minimum Gasteiger partial charge on any atom is -0.465 e. The lowest BCUT2D eigenvalue weighted by molar-refractivity contribution is 0.0443. The number of hydrogen-bond donors (Lipinski definition) is 0. The molecule has 0 atom stereocenters. The van der Waals surface area contributed by atoms with E-state index in [-0.39, 0.29) is 34.6 Å². The van der Waals surface area contributed by atoms with E-state index in [2.05, 4.69) is 4.74 Å². The van der Waals surface area contributed by atoms with Gasteiger partial charge in [0, 0.05) is 5.02 Å². The number of esters is 2. The van der Waals surface area contributed by atoms with E-state index in [4.69, 9.17) is 20.8 Å². The Kier molecular flexibility index (Phi) is 5.54.